The van der Waals surface area contributed by atoms with Crippen LogP contribution in [0.25, 0.3) is 10.1 Å². The highest BCUT2D eigenvalue weighted by Crippen LogP contribution is 2.26. The first kappa shape index (κ1) is 12.6. The number of fused-ring (bicyclic) bond motifs is 1. The second-order valence-corrected chi connectivity index (χ2v) is 5.94. The number of anilines is 1. The molecule has 1 N–H and O–H groups in total. The van der Waals surface area contributed by atoms with Crippen molar-refractivity contribution in [2.45, 2.75) is 6.54 Å². The molecule has 19 heavy (non-hydrogen) atoms. The van der Waals surface area contributed by atoms with Crippen LogP contribution in [0.15, 0.2) is 46.4 Å². The number of hydrogen-bond acceptors (Lipinski definition) is 3. The molecule has 0 unspecified atom stereocenters. The van der Waals surface area contributed by atoms with Gasteiger partial charge >= 0.3 is 0 Å². The van der Waals surface area contributed by atoms with Crippen LogP contribution in [0.1, 0.15) is 5.56 Å². The SMILES string of the molecule is Fc1ccc(Br)cc1CNc1nccc2sccc12. The summed E-state index contributed by atoms with van der Waals surface area (Å²) in [6, 6.07) is 8.92. The number of nitrogens with one attached hydrogen (secondary N) is 1. The molecule has 3 aromatic rings. The van der Waals surface area contributed by atoms with Crippen LogP contribution in [-0.2, 0) is 6.54 Å². The number of thiophene rings is 1. The summed E-state index contributed by atoms with van der Waals surface area (Å²) in [6.07, 6.45) is 1.76. The Morgan fingerprint density at radius 2 is 2.16 bits per heavy atom. The van der Waals surface area contributed by atoms with Crippen molar-refractivity contribution < 1.29 is 4.39 Å². The lowest BCUT2D eigenvalue weighted by Crippen LogP contribution is -2.03. The molecule has 0 spiro atoms. The molecule has 2 nitrogen and oxygen atoms in total. The molecule has 2 aromatic heterocycles. The standard InChI is InChI=1S/C14H10BrFN2S/c15-10-1-2-12(16)9(7-10)8-18-14-11-4-6-19-13(11)3-5-17-14/h1-7H,8H2,(H,17,18). The predicted molar refractivity (Wildman–Crippen MR) is 81.0 cm³/mol. The molecule has 0 aliphatic carbocycles. The van der Waals surface area contributed by atoms with E-state index >= 15 is 0 Å². The van der Waals surface area contributed by atoms with Gasteiger partial charge in [0, 0.05) is 32.9 Å². The first-order valence-corrected chi connectivity index (χ1v) is 7.41. The summed E-state index contributed by atoms with van der Waals surface area (Å²) in [4.78, 5) is 4.31. The minimum Gasteiger partial charge on any atom is -0.365 e. The van der Waals surface area contributed by atoms with Crippen LogP contribution in [0.3, 0.4) is 0 Å². The van der Waals surface area contributed by atoms with Gasteiger partial charge in [0.1, 0.15) is 11.6 Å². The molecule has 0 aliphatic heterocycles. The van der Waals surface area contributed by atoms with E-state index in [1.54, 1.807) is 29.7 Å². The summed E-state index contributed by atoms with van der Waals surface area (Å²) >= 11 is 5.01. The first-order chi connectivity index (χ1) is 9.24. The first-order valence-electron chi connectivity index (χ1n) is 5.74. The van der Waals surface area contributed by atoms with Crippen LogP contribution in [0.4, 0.5) is 10.2 Å². The molecule has 0 aliphatic rings. The zero-order valence-corrected chi connectivity index (χ0v) is 12.3. The lowest BCUT2D eigenvalue weighted by atomic mass is 10.2. The molecule has 0 radical (unpaired) electrons. The zero-order chi connectivity index (χ0) is 13.2. The summed E-state index contributed by atoms with van der Waals surface area (Å²) in [6.45, 7) is 0.410. The van der Waals surface area contributed by atoms with Crippen LogP contribution in [0, 0.1) is 5.82 Å². The van der Waals surface area contributed by atoms with Gasteiger partial charge in [0.25, 0.3) is 0 Å². The number of halogens is 2. The van der Waals surface area contributed by atoms with Crippen molar-refractivity contribution in [1.82, 2.24) is 4.98 Å². The van der Waals surface area contributed by atoms with Crippen LogP contribution in [0.2, 0.25) is 0 Å². The lowest BCUT2D eigenvalue weighted by Gasteiger charge is -2.08. The van der Waals surface area contributed by atoms with E-state index in [4.69, 9.17) is 0 Å². The van der Waals surface area contributed by atoms with Crippen LogP contribution >= 0.6 is 27.3 Å². The molecule has 0 amide bonds. The summed E-state index contributed by atoms with van der Waals surface area (Å²) in [5.74, 6) is 0.575. The molecule has 5 heteroatoms. The topological polar surface area (TPSA) is 24.9 Å². The highest BCUT2D eigenvalue weighted by Gasteiger charge is 2.06. The maximum atomic E-state index is 13.6. The minimum absolute atomic E-state index is 0.215. The second-order valence-electron chi connectivity index (χ2n) is 4.08. The number of aromatic nitrogens is 1. The molecule has 0 saturated heterocycles. The molecular formula is C14H10BrFN2S. The Balaban J connectivity index is 1.86. The monoisotopic (exact) mass is 336 g/mol. The third kappa shape index (κ3) is 2.62. The van der Waals surface area contributed by atoms with Crippen LogP contribution in [-0.4, -0.2) is 4.98 Å². The quantitative estimate of drug-likeness (QED) is 0.742. The third-order valence-electron chi connectivity index (χ3n) is 2.83. The number of hydrogen-bond donors (Lipinski definition) is 1. The van der Waals surface area contributed by atoms with Crippen molar-refractivity contribution >= 4 is 43.2 Å². The van der Waals surface area contributed by atoms with Gasteiger partial charge in [-0.2, -0.15) is 0 Å². The summed E-state index contributed by atoms with van der Waals surface area (Å²) in [7, 11) is 0. The van der Waals surface area contributed by atoms with Gasteiger partial charge in [-0.3, -0.25) is 0 Å². The normalized spacial score (nSPS) is 10.8. The van der Waals surface area contributed by atoms with Crippen molar-refractivity contribution in [3.8, 4) is 0 Å². The fourth-order valence-corrected chi connectivity index (χ4v) is 3.08. The minimum atomic E-state index is -0.215. The number of pyridine rings is 1. The Hall–Kier alpha value is -1.46. The molecule has 3 rings (SSSR count). The molecule has 0 bridgehead atoms. The summed E-state index contributed by atoms with van der Waals surface area (Å²) in [5.41, 5.74) is 0.614. The van der Waals surface area contributed by atoms with Crippen molar-refractivity contribution in [3.63, 3.8) is 0 Å². The summed E-state index contributed by atoms with van der Waals surface area (Å²) < 4.78 is 15.7. The number of nitrogens with zero attached hydrogens (tertiary/aromatic N) is 1. The van der Waals surface area contributed by atoms with E-state index in [-0.39, 0.29) is 5.82 Å². The van der Waals surface area contributed by atoms with Gasteiger partial charge in [-0.1, -0.05) is 15.9 Å². The Bertz CT molecular complexity index is 726. The molecule has 96 valence electrons. The zero-order valence-electron chi connectivity index (χ0n) is 9.86. The van der Waals surface area contributed by atoms with E-state index in [1.165, 1.54) is 10.8 Å². The molecule has 1 aromatic carbocycles. The van der Waals surface area contributed by atoms with E-state index in [0.29, 0.717) is 12.1 Å². The van der Waals surface area contributed by atoms with E-state index in [1.807, 2.05) is 17.5 Å². The fraction of sp³-hybridized carbons (Fsp3) is 0.0714. The second kappa shape index (κ2) is 5.27. The average Bonchev–Trinajstić information content (AvgIpc) is 2.88. The van der Waals surface area contributed by atoms with Gasteiger partial charge in [0.15, 0.2) is 0 Å². The Labute approximate surface area is 122 Å². The molecule has 2 heterocycles. The Morgan fingerprint density at radius 1 is 1.26 bits per heavy atom. The smallest absolute Gasteiger partial charge is 0.134 e. The Kier molecular flexibility index (Phi) is 3.48. The number of rotatable bonds is 3. The Morgan fingerprint density at radius 3 is 3.05 bits per heavy atom. The van der Waals surface area contributed by atoms with Crippen LogP contribution in [0.5, 0.6) is 0 Å². The van der Waals surface area contributed by atoms with Crippen molar-refractivity contribution in [3.05, 3.63) is 57.8 Å². The van der Waals surface area contributed by atoms with Gasteiger partial charge in [0.05, 0.1) is 0 Å². The highest BCUT2D eigenvalue weighted by atomic mass is 79.9. The third-order valence-corrected chi connectivity index (χ3v) is 4.21. The maximum Gasteiger partial charge on any atom is 0.134 e. The van der Waals surface area contributed by atoms with Gasteiger partial charge in [-0.15, -0.1) is 11.3 Å². The molecule has 0 atom stereocenters. The van der Waals surface area contributed by atoms with Crippen molar-refractivity contribution in [1.29, 1.82) is 0 Å². The molecular weight excluding hydrogens is 327 g/mol. The van der Waals surface area contributed by atoms with Gasteiger partial charge in [-0.05, 0) is 35.7 Å². The predicted octanol–water partition coefficient (Wildman–Crippen LogP) is 4.81. The number of benzene rings is 1. The molecule has 0 fully saturated rings. The maximum absolute atomic E-state index is 13.6. The van der Waals surface area contributed by atoms with Gasteiger partial charge in [-0.25, -0.2) is 9.37 Å². The lowest BCUT2D eigenvalue weighted by molar-refractivity contribution is 0.612. The largest absolute Gasteiger partial charge is 0.365 e. The molecule has 0 saturated carbocycles. The van der Waals surface area contributed by atoms with E-state index in [2.05, 4.69) is 26.2 Å². The van der Waals surface area contributed by atoms with E-state index in [0.717, 1.165) is 15.7 Å². The van der Waals surface area contributed by atoms with Crippen molar-refractivity contribution in [2.24, 2.45) is 0 Å². The average molecular weight is 337 g/mol. The van der Waals surface area contributed by atoms with Gasteiger partial charge in [0.2, 0.25) is 0 Å². The summed E-state index contributed by atoms with van der Waals surface area (Å²) in [5, 5.41) is 6.29. The van der Waals surface area contributed by atoms with Crippen LogP contribution < -0.4 is 5.32 Å². The fourth-order valence-electron chi connectivity index (χ4n) is 1.89. The highest BCUT2D eigenvalue weighted by molar-refractivity contribution is 9.10. The van der Waals surface area contributed by atoms with E-state index < -0.39 is 0 Å². The van der Waals surface area contributed by atoms with Gasteiger partial charge < -0.3 is 5.32 Å². The van der Waals surface area contributed by atoms with E-state index in [9.17, 15) is 4.39 Å². The van der Waals surface area contributed by atoms with Crippen molar-refractivity contribution in [2.75, 3.05) is 5.32 Å².